The van der Waals surface area contributed by atoms with Gasteiger partial charge < -0.3 is 21.3 Å². The van der Waals surface area contributed by atoms with Crippen LogP contribution in [-0.4, -0.2) is 34.8 Å². The van der Waals surface area contributed by atoms with Crippen molar-refractivity contribution in [3.05, 3.63) is 82.8 Å². The van der Waals surface area contributed by atoms with Crippen LogP contribution in [0.2, 0.25) is 0 Å². The van der Waals surface area contributed by atoms with Crippen LogP contribution in [0.4, 0.5) is 11.5 Å². The Balaban J connectivity index is 1.58. The number of allylic oxidation sites excluding steroid dienone is 1. The average Bonchev–Trinajstić information content (AvgIpc) is 2.70. The summed E-state index contributed by atoms with van der Waals surface area (Å²) in [5, 5.41) is 13.9. The molecule has 1 unspecified atom stereocenters. The molecule has 0 fully saturated rings. The quantitative estimate of drug-likeness (QED) is 0.523. The Hall–Kier alpha value is -3.61. The zero-order valence-corrected chi connectivity index (χ0v) is 18.7. The fraction of sp³-hybridized carbons (Fsp3) is 0.292. The number of amides is 1. The van der Waals surface area contributed by atoms with Crippen LogP contribution in [-0.2, 0) is 0 Å². The minimum absolute atomic E-state index is 0.0396. The lowest BCUT2D eigenvalue weighted by molar-refractivity contribution is -0.429. The smallest absolute Gasteiger partial charge is 0.257 e. The second kappa shape index (κ2) is 9.93. The number of anilines is 2. The van der Waals surface area contributed by atoms with Gasteiger partial charge in [0.2, 0.25) is 0 Å². The Kier molecular flexibility index (Phi) is 7.07. The zero-order valence-electron chi connectivity index (χ0n) is 18.7. The molecule has 3 rings (SSSR count). The van der Waals surface area contributed by atoms with Crippen LogP contribution in [0, 0.1) is 6.92 Å². The molecule has 0 bridgehead atoms. The predicted molar refractivity (Wildman–Crippen MR) is 127 cm³/mol. The van der Waals surface area contributed by atoms with Crippen molar-refractivity contribution in [2.24, 2.45) is 0 Å². The summed E-state index contributed by atoms with van der Waals surface area (Å²) in [5.74, 6) is 0.609. The van der Waals surface area contributed by atoms with Crippen LogP contribution >= 0.6 is 0 Å². The van der Waals surface area contributed by atoms with Crippen molar-refractivity contribution in [3.8, 4) is 0 Å². The number of aromatic nitrogens is 1. The van der Waals surface area contributed by atoms with Crippen molar-refractivity contribution >= 4 is 23.6 Å². The predicted octanol–water partition coefficient (Wildman–Crippen LogP) is 4.53. The van der Waals surface area contributed by atoms with E-state index in [0.29, 0.717) is 5.56 Å². The maximum absolute atomic E-state index is 12.7. The van der Waals surface area contributed by atoms with Gasteiger partial charge in [0.15, 0.2) is 18.1 Å². The molecule has 31 heavy (non-hydrogen) atoms. The molecule has 2 aromatic rings. The molecule has 7 heteroatoms. The van der Waals surface area contributed by atoms with Gasteiger partial charge in [0.25, 0.3) is 5.91 Å². The third-order valence-corrected chi connectivity index (χ3v) is 4.71. The first-order chi connectivity index (χ1) is 14.8. The Morgan fingerprint density at radius 3 is 2.68 bits per heavy atom. The maximum atomic E-state index is 12.7. The number of hydrogen-bond donors (Lipinski definition) is 3. The number of nitrogens with zero attached hydrogens (tertiary/aromatic N) is 3. The van der Waals surface area contributed by atoms with Gasteiger partial charge in [-0.15, -0.1) is 0 Å². The first-order valence-corrected chi connectivity index (χ1v) is 10.4. The highest BCUT2D eigenvalue weighted by Gasteiger charge is 2.11. The van der Waals surface area contributed by atoms with Gasteiger partial charge in [-0.25, -0.2) is 9.56 Å². The first-order valence-electron chi connectivity index (χ1n) is 10.4. The second-order valence-corrected chi connectivity index (χ2v) is 7.93. The zero-order chi connectivity index (χ0) is 22.4. The average molecular weight is 419 g/mol. The highest BCUT2D eigenvalue weighted by molar-refractivity contribution is 6.04. The second-order valence-electron chi connectivity index (χ2n) is 7.93. The van der Waals surface area contributed by atoms with Crippen molar-refractivity contribution < 1.29 is 9.37 Å². The van der Waals surface area contributed by atoms with E-state index in [9.17, 15) is 4.79 Å². The van der Waals surface area contributed by atoms with Gasteiger partial charge in [0.05, 0.1) is 5.56 Å². The van der Waals surface area contributed by atoms with Gasteiger partial charge in [0, 0.05) is 17.9 Å². The van der Waals surface area contributed by atoms with E-state index in [1.165, 1.54) is 0 Å². The molecule has 162 valence electrons. The summed E-state index contributed by atoms with van der Waals surface area (Å²) in [6, 6.07) is 9.82. The SMILES string of the molecule is Cc1cc(C(=O)Nc2cccc(C(C)[N-]C=CNC3=C[N+](C)=C3)c2)cnc1NC(C)C. The Labute approximate surface area is 184 Å². The summed E-state index contributed by atoms with van der Waals surface area (Å²) in [7, 11) is 1.98. The van der Waals surface area contributed by atoms with E-state index in [4.69, 9.17) is 0 Å². The van der Waals surface area contributed by atoms with Gasteiger partial charge >= 0.3 is 0 Å². The summed E-state index contributed by atoms with van der Waals surface area (Å²) in [6.45, 7) is 8.06. The normalized spacial score (nSPS) is 13.9. The largest absolute Gasteiger partial charge is 0.683 e. The number of benzene rings is 1. The van der Waals surface area contributed by atoms with Gasteiger partial charge in [-0.2, -0.15) is 6.20 Å². The molecule has 0 spiro atoms. The molecule has 1 aliphatic heterocycles. The number of hydrogen-bond acceptors (Lipinski definition) is 4. The van der Waals surface area contributed by atoms with Crippen molar-refractivity contribution in [1.82, 2.24) is 10.3 Å². The highest BCUT2D eigenvalue weighted by atomic mass is 16.1. The summed E-state index contributed by atoms with van der Waals surface area (Å²) >= 11 is 0. The molecule has 0 radical (unpaired) electrons. The van der Waals surface area contributed by atoms with E-state index in [1.54, 1.807) is 12.4 Å². The van der Waals surface area contributed by atoms with Crippen molar-refractivity contribution in [2.45, 2.75) is 39.8 Å². The standard InChI is InChI=1S/C24H30N6O/c1-16(2)28-23-17(3)11-20(13-27-23)24(31)29-21-8-6-7-19(12-21)18(4)25-9-10-26-22-14-30(5)15-22/h6-16,18,26H,1-5H3,(H2,27,28,29,31). The monoisotopic (exact) mass is 418 g/mol. The van der Waals surface area contributed by atoms with Crippen molar-refractivity contribution in [1.29, 1.82) is 0 Å². The van der Waals surface area contributed by atoms with E-state index in [1.807, 2.05) is 74.4 Å². The summed E-state index contributed by atoms with van der Waals surface area (Å²) < 4.78 is 1.98. The number of nitrogens with one attached hydrogen (secondary N) is 3. The number of rotatable bonds is 9. The molecular formula is C24H30N6O. The summed E-state index contributed by atoms with van der Waals surface area (Å²) in [6.07, 6.45) is 9.14. The van der Waals surface area contributed by atoms with E-state index in [2.05, 4.69) is 40.1 Å². The van der Waals surface area contributed by atoms with Crippen LogP contribution in [0.1, 0.15) is 48.3 Å². The molecule has 1 atom stereocenters. The maximum Gasteiger partial charge on any atom is 0.257 e. The molecule has 0 saturated carbocycles. The molecule has 0 saturated heterocycles. The highest BCUT2D eigenvalue weighted by Crippen LogP contribution is 2.24. The minimum atomic E-state index is -0.187. The van der Waals surface area contributed by atoms with Crippen LogP contribution in [0.5, 0.6) is 0 Å². The van der Waals surface area contributed by atoms with Crippen LogP contribution < -0.4 is 16.0 Å². The Morgan fingerprint density at radius 2 is 2.00 bits per heavy atom. The molecule has 1 aromatic heterocycles. The van der Waals surface area contributed by atoms with Crippen LogP contribution in [0.15, 0.2) is 60.8 Å². The van der Waals surface area contributed by atoms with Gasteiger partial charge in [-0.1, -0.05) is 30.7 Å². The topological polar surface area (TPSA) is 83.2 Å². The first kappa shape index (κ1) is 22.1. The molecule has 1 amide bonds. The lowest BCUT2D eigenvalue weighted by Gasteiger charge is -2.26. The lowest BCUT2D eigenvalue weighted by Crippen LogP contribution is -2.21. The van der Waals surface area contributed by atoms with Gasteiger partial charge in [-0.05, 0) is 50.7 Å². The molecule has 2 heterocycles. The lowest BCUT2D eigenvalue weighted by atomic mass is 10.1. The molecule has 1 aromatic carbocycles. The molecular weight excluding hydrogens is 388 g/mol. The summed E-state index contributed by atoms with van der Waals surface area (Å²) in [5.41, 5.74) is 4.25. The third-order valence-electron chi connectivity index (χ3n) is 4.71. The Bertz CT molecular complexity index is 1040. The fourth-order valence-electron chi connectivity index (χ4n) is 3.10. The number of aryl methyl sites for hydroxylation is 1. The van der Waals surface area contributed by atoms with Crippen LogP contribution in [0.3, 0.4) is 0 Å². The fourth-order valence-corrected chi connectivity index (χ4v) is 3.10. The van der Waals surface area contributed by atoms with E-state index < -0.39 is 0 Å². The Morgan fingerprint density at radius 1 is 1.23 bits per heavy atom. The summed E-state index contributed by atoms with van der Waals surface area (Å²) in [4.78, 5) is 17.1. The molecule has 7 nitrogen and oxygen atoms in total. The third kappa shape index (κ3) is 6.18. The van der Waals surface area contributed by atoms with E-state index in [-0.39, 0.29) is 18.0 Å². The molecule has 1 aliphatic rings. The number of carbonyl (C=O) groups excluding carboxylic acids is 1. The van der Waals surface area contributed by atoms with E-state index >= 15 is 0 Å². The molecule has 0 aliphatic carbocycles. The molecule has 3 N–H and O–H groups in total. The minimum Gasteiger partial charge on any atom is -0.683 e. The van der Waals surface area contributed by atoms with E-state index in [0.717, 1.165) is 28.3 Å². The van der Waals surface area contributed by atoms with Gasteiger partial charge in [0.1, 0.15) is 12.9 Å². The van der Waals surface area contributed by atoms with Crippen molar-refractivity contribution in [3.63, 3.8) is 0 Å². The number of pyridine rings is 1. The number of carbonyl (C=O) groups is 1. The van der Waals surface area contributed by atoms with Gasteiger partial charge in [-0.3, -0.25) is 4.79 Å². The van der Waals surface area contributed by atoms with Crippen LogP contribution in [0.25, 0.3) is 5.32 Å². The van der Waals surface area contributed by atoms with Crippen molar-refractivity contribution in [2.75, 3.05) is 17.7 Å².